The normalized spacial score (nSPS) is 19.6. The van der Waals surface area contributed by atoms with Crippen molar-refractivity contribution in [3.63, 3.8) is 0 Å². The van der Waals surface area contributed by atoms with Gasteiger partial charge in [0, 0.05) is 5.92 Å². The van der Waals surface area contributed by atoms with Crippen molar-refractivity contribution in [1.29, 1.82) is 0 Å². The number of carboxylic acid groups (broad SMARTS) is 1. The topological polar surface area (TPSA) is 57.5 Å². The first-order valence-electron chi connectivity index (χ1n) is 5.32. The van der Waals surface area contributed by atoms with Gasteiger partial charge in [-0.05, 0) is 18.4 Å². The van der Waals surface area contributed by atoms with Gasteiger partial charge < -0.3 is 10.2 Å². The van der Waals surface area contributed by atoms with Gasteiger partial charge in [0.25, 0.3) is 0 Å². The van der Waals surface area contributed by atoms with Gasteiger partial charge in [-0.15, -0.1) is 0 Å². The molecule has 0 radical (unpaired) electrons. The molecule has 0 bridgehead atoms. The lowest BCUT2D eigenvalue weighted by atomic mass is 9.80. The lowest BCUT2D eigenvalue weighted by molar-refractivity contribution is -0.166. The molecule has 1 atom stereocenters. The average molecular weight is 218 g/mol. The summed E-state index contributed by atoms with van der Waals surface area (Å²) in [6.45, 7) is 0. The van der Waals surface area contributed by atoms with Crippen LogP contribution >= 0.6 is 0 Å². The van der Waals surface area contributed by atoms with Crippen LogP contribution in [0.5, 0.6) is 0 Å². The molecular weight excluding hydrogens is 204 g/mol. The van der Waals surface area contributed by atoms with Crippen LogP contribution in [-0.4, -0.2) is 16.2 Å². The van der Waals surface area contributed by atoms with E-state index in [1.807, 2.05) is 12.2 Å². The van der Waals surface area contributed by atoms with Crippen molar-refractivity contribution >= 4 is 5.97 Å². The number of hydrogen-bond acceptors (Lipinski definition) is 2. The molecule has 1 unspecified atom stereocenters. The van der Waals surface area contributed by atoms with E-state index in [1.165, 1.54) is 0 Å². The summed E-state index contributed by atoms with van der Waals surface area (Å²) in [5.41, 5.74) is -1.32. The van der Waals surface area contributed by atoms with Crippen molar-refractivity contribution in [1.82, 2.24) is 0 Å². The first kappa shape index (κ1) is 10.9. The van der Waals surface area contributed by atoms with Gasteiger partial charge in [0.2, 0.25) is 0 Å². The third-order valence-corrected chi connectivity index (χ3v) is 3.14. The van der Waals surface area contributed by atoms with Crippen LogP contribution in [0.1, 0.15) is 18.4 Å². The molecule has 1 aromatic carbocycles. The summed E-state index contributed by atoms with van der Waals surface area (Å²) in [6, 6.07) is 8.61. The van der Waals surface area contributed by atoms with Crippen LogP contribution in [0.4, 0.5) is 0 Å². The van der Waals surface area contributed by atoms with Crippen molar-refractivity contribution in [2.45, 2.75) is 18.4 Å². The first-order valence-corrected chi connectivity index (χ1v) is 5.32. The number of aliphatic carboxylic acids is 1. The molecule has 16 heavy (non-hydrogen) atoms. The fraction of sp³-hybridized carbons (Fsp3) is 0.308. The lowest BCUT2D eigenvalue weighted by Gasteiger charge is -2.30. The Hall–Kier alpha value is -1.61. The van der Waals surface area contributed by atoms with E-state index >= 15 is 0 Å². The minimum absolute atomic E-state index is 0.271. The summed E-state index contributed by atoms with van der Waals surface area (Å²) in [4.78, 5) is 11.3. The monoisotopic (exact) mass is 218 g/mol. The van der Waals surface area contributed by atoms with Crippen LogP contribution in [0, 0.1) is 5.92 Å². The molecular formula is C13H14O3. The maximum atomic E-state index is 11.3. The molecule has 1 aromatic rings. The molecule has 1 aliphatic rings. The molecule has 0 saturated heterocycles. The van der Waals surface area contributed by atoms with Gasteiger partial charge in [0.1, 0.15) is 0 Å². The molecule has 0 aromatic heterocycles. The quantitative estimate of drug-likeness (QED) is 0.762. The van der Waals surface area contributed by atoms with Crippen LogP contribution < -0.4 is 0 Å². The molecule has 0 amide bonds. The Morgan fingerprint density at radius 1 is 1.19 bits per heavy atom. The van der Waals surface area contributed by atoms with Crippen LogP contribution in [0.15, 0.2) is 42.5 Å². The second-order valence-corrected chi connectivity index (χ2v) is 4.08. The number of carbonyl (C=O) groups is 1. The number of allylic oxidation sites excluding steroid dienone is 2. The van der Waals surface area contributed by atoms with E-state index in [0.717, 1.165) is 0 Å². The third-order valence-electron chi connectivity index (χ3n) is 3.14. The predicted octanol–water partition coefficient (Wildman–Crippen LogP) is 1.93. The zero-order valence-electron chi connectivity index (χ0n) is 8.84. The van der Waals surface area contributed by atoms with E-state index in [0.29, 0.717) is 18.4 Å². The van der Waals surface area contributed by atoms with E-state index in [-0.39, 0.29) is 5.92 Å². The number of benzene rings is 1. The highest BCUT2D eigenvalue weighted by Crippen LogP contribution is 2.37. The highest BCUT2D eigenvalue weighted by Gasteiger charge is 2.45. The molecule has 3 heteroatoms. The van der Waals surface area contributed by atoms with Gasteiger partial charge in [-0.1, -0.05) is 42.5 Å². The molecule has 2 rings (SSSR count). The number of rotatable bonds is 3. The Morgan fingerprint density at radius 3 is 2.25 bits per heavy atom. The summed E-state index contributed by atoms with van der Waals surface area (Å²) in [7, 11) is 0. The molecule has 1 aliphatic carbocycles. The molecule has 0 spiro atoms. The highest BCUT2D eigenvalue weighted by molar-refractivity contribution is 5.79. The van der Waals surface area contributed by atoms with Gasteiger partial charge in [0.05, 0.1) is 0 Å². The summed E-state index contributed by atoms with van der Waals surface area (Å²) in [5.74, 6) is -1.44. The highest BCUT2D eigenvalue weighted by atomic mass is 16.4. The second kappa shape index (κ2) is 4.10. The Balaban J connectivity index is 2.39. The average Bonchev–Trinajstić information content (AvgIpc) is 2.82. The van der Waals surface area contributed by atoms with E-state index in [9.17, 15) is 15.0 Å². The van der Waals surface area contributed by atoms with E-state index in [2.05, 4.69) is 0 Å². The summed E-state index contributed by atoms with van der Waals surface area (Å²) in [5, 5.41) is 19.7. The second-order valence-electron chi connectivity index (χ2n) is 4.08. The van der Waals surface area contributed by atoms with Gasteiger partial charge >= 0.3 is 5.97 Å². The maximum absolute atomic E-state index is 11.3. The minimum atomic E-state index is -1.77. The molecule has 2 N–H and O–H groups in total. The van der Waals surface area contributed by atoms with Crippen molar-refractivity contribution in [2.24, 2.45) is 5.92 Å². The predicted molar refractivity (Wildman–Crippen MR) is 59.8 cm³/mol. The Bertz CT molecular complexity index is 402. The summed E-state index contributed by atoms with van der Waals surface area (Å²) in [6.07, 6.45) is 5.05. The zero-order chi connectivity index (χ0) is 11.6. The van der Waals surface area contributed by atoms with Crippen LogP contribution in [0.2, 0.25) is 0 Å². The number of aliphatic hydroxyl groups is 1. The first-order chi connectivity index (χ1) is 7.65. The van der Waals surface area contributed by atoms with Crippen LogP contribution in [-0.2, 0) is 10.4 Å². The molecule has 0 aliphatic heterocycles. The Labute approximate surface area is 94.0 Å². The standard InChI is InChI=1S/C13H14O3/c14-12(15)13(16,11-8-4-5-9-11)10-6-2-1-3-7-10/h1-7,11,16H,8-9H2,(H,14,15). The number of carboxylic acids is 1. The minimum Gasteiger partial charge on any atom is -0.479 e. The summed E-state index contributed by atoms with van der Waals surface area (Å²) >= 11 is 0. The molecule has 0 heterocycles. The molecule has 84 valence electrons. The van der Waals surface area contributed by atoms with Gasteiger partial charge in [-0.25, -0.2) is 4.79 Å². The maximum Gasteiger partial charge on any atom is 0.340 e. The van der Waals surface area contributed by atoms with Gasteiger partial charge in [0.15, 0.2) is 5.60 Å². The van der Waals surface area contributed by atoms with Crippen molar-refractivity contribution < 1.29 is 15.0 Å². The van der Waals surface area contributed by atoms with Gasteiger partial charge in [-0.2, -0.15) is 0 Å². The fourth-order valence-corrected chi connectivity index (χ4v) is 2.18. The smallest absolute Gasteiger partial charge is 0.340 e. The van der Waals surface area contributed by atoms with E-state index < -0.39 is 11.6 Å². The molecule has 0 saturated carbocycles. The van der Waals surface area contributed by atoms with E-state index in [4.69, 9.17) is 0 Å². The fourth-order valence-electron chi connectivity index (χ4n) is 2.18. The van der Waals surface area contributed by atoms with Gasteiger partial charge in [-0.3, -0.25) is 0 Å². The van der Waals surface area contributed by atoms with Crippen molar-refractivity contribution in [3.05, 3.63) is 48.0 Å². The Morgan fingerprint density at radius 2 is 1.75 bits per heavy atom. The Kier molecular flexibility index (Phi) is 2.79. The summed E-state index contributed by atoms with van der Waals surface area (Å²) < 4.78 is 0. The number of hydrogen-bond donors (Lipinski definition) is 2. The largest absolute Gasteiger partial charge is 0.479 e. The van der Waals surface area contributed by atoms with E-state index in [1.54, 1.807) is 30.3 Å². The molecule has 0 fully saturated rings. The molecule has 3 nitrogen and oxygen atoms in total. The third kappa shape index (κ3) is 1.63. The zero-order valence-corrected chi connectivity index (χ0v) is 8.84. The van der Waals surface area contributed by atoms with Crippen molar-refractivity contribution in [3.8, 4) is 0 Å². The van der Waals surface area contributed by atoms with Crippen molar-refractivity contribution in [2.75, 3.05) is 0 Å². The van der Waals surface area contributed by atoms with Crippen LogP contribution in [0.3, 0.4) is 0 Å². The lowest BCUT2D eigenvalue weighted by Crippen LogP contribution is -2.42. The SMILES string of the molecule is O=C(O)C(O)(c1ccccc1)C1CC=CC1. The van der Waals surface area contributed by atoms with Crippen LogP contribution in [0.25, 0.3) is 0 Å².